The zero-order chi connectivity index (χ0) is 7.66. The molecule has 0 spiro atoms. The van der Waals surface area contributed by atoms with Crippen molar-refractivity contribution in [2.75, 3.05) is 26.2 Å². The lowest BCUT2D eigenvalue weighted by atomic mass is 10.6. The SMILES string of the molecule is NCCNC=CNCCO. The molecule has 10 heavy (non-hydrogen) atoms. The third kappa shape index (κ3) is 7.26. The van der Waals surface area contributed by atoms with Crippen molar-refractivity contribution >= 4 is 0 Å². The smallest absolute Gasteiger partial charge is 0.0603 e. The van der Waals surface area contributed by atoms with Crippen LogP contribution in [0.4, 0.5) is 0 Å². The van der Waals surface area contributed by atoms with Crippen LogP contribution < -0.4 is 16.4 Å². The van der Waals surface area contributed by atoms with Crippen molar-refractivity contribution in [2.24, 2.45) is 5.73 Å². The van der Waals surface area contributed by atoms with Crippen LogP contribution in [0.25, 0.3) is 0 Å². The van der Waals surface area contributed by atoms with Crippen LogP contribution in [0.5, 0.6) is 0 Å². The van der Waals surface area contributed by atoms with Crippen molar-refractivity contribution < 1.29 is 5.11 Å². The van der Waals surface area contributed by atoms with E-state index in [-0.39, 0.29) is 6.61 Å². The molecule has 5 N–H and O–H groups in total. The van der Waals surface area contributed by atoms with E-state index in [9.17, 15) is 0 Å². The number of nitrogens with one attached hydrogen (secondary N) is 2. The van der Waals surface area contributed by atoms with Crippen LogP contribution in [-0.4, -0.2) is 31.3 Å². The molecular formula is C6H15N3O. The third-order valence-electron chi connectivity index (χ3n) is 0.864. The van der Waals surface area contributed by atoms with Crippen LogP contribution in [0.15, 0.2) is 12.4 Å². The summed E-state index contributed by atoms with van der Waals surface area (Å²) >= 11 is 0. The van der Waals surface area contributed by atoms with Crippen molar-refractivity contribution in [1.29, 1.82) is 0 Å². The van der Waals surface area contributed by atoms with Crippen LogP contribution in [0.2, 0.25) is 0 Å². The predicted molar refractivity (Wildman–Crippen MR) is 41.3 cm³/mol. The Labute approximate surface area is 61.1 Å². The largest absolute Gasteiger partial charge is 0.395 e. The lowest BCUT2D eigenvalue weighted by Gasteiger charge is -1.96. The number of nitrogens with two attached hydrogens (primary N) is 1. The Morgan fingerprint density at radius 3 is 2.30 bits per heavy atom. The first-order valence-electron chi connectivity index (χ1n) is 3.34. The number of aliphatic hydroxyl groups is 1. The van der Waals surface area contributed by atoms with Crippen LogP contribution in [0.1, 0.15) is 0 Å². The molecule has 0 atom stereocenters. The van der Waals surface area contributed by atoms with Gasteiger partial charge in [-0.2, -0.15) is 0 Å². The Balaban J connectivity index is 2.89. The molecule has 0 amide bonds. The van der Waals surface area contributed by atoms with Crippen molar-refractivity contribution in [3.8, 4) is 0 Å². The van der Waals surface area contributed by atoms with E-state index in [4.69, 9.17) is 10.8 Å². The maximum Gasteiger partial charge on any atom is 0.0603 e. The second-order valence-corrected chi connectivity index (χ2v) is 1.75. The minimum absolute atomic E-state index is 0.154. The van der Waals surface area contributed by atoms with Gasteiger partial charge in [-0.1, -0.05) is 0 Å². The molecule has 0 saturated heterocycles. The van der Waals surface area contributed by atoms with E-state index in [1.807, 2.05) is 0 Å². The zero-order valence-corrected chi connectivity index (χ0v) is 6.01. The Morgan fingerprint density at radius 1 is 1.20 bits per heavy atom. The maximum absolute atomic E-state index is 8.33. The molecule has 0 heterocycles. The lowest BCUT2D eigenvalue weighted by molar-refractivity contribution is 0.298. The Hall–Kier alpha value is -0.740. The summed E-state index contributed by atoms with van der Waals surface area (Å²) in [5.41, 5.74) is 5.21. The lowest BCUT2D eigenvalue weighted by Crippen LogP contribution is -2.18. The summed E-state index contributed by atoms with van der Waals surface area (Å²) in [5, 5.41) is 14.1. The summed E-state index contributed by atoms with van der Waals surface area (Å²) in [4.78, 5) is 0. The Bertz CT molecular complexity index is 75.1. The highest BCUT2D eigenvalue weighted by Crippen LogP contribution is 1.60. The highest BCUT2D eigenvalue weighted by Gasteiger charge is 1.74. The van der Waals surface area contributed by atoms with Gasteiger partial charge in [0.2, 0.25) is 0 Å². The van der Waals surface area contributed by atoms with E-state index in [0.717, 1.165) is 6.54 Å². The summed E-state index contributed by atoms with van der Waals surface area (Å²) in [7, 11) is 0. The van der Waals surface area contributed by atoms with Gasteiger partial charge in [-0.15, -0.1) is 0 Å². The quantitative estimate of drug-likeness (QED) is 0.346. The van der Waals surface area contributed by atoms with E-state index in [0.29, 0.717) is 13.1 Å². The monoisotopic (exact) mass is 145 g/mol. The number of hydrogen-bond donors (Lipinski definition) is 4. The van der Waals surface area contributed by atoms with Crippen molar-refractivity contribution in [3.63, 3.8) is 0 Å². The van der Waals surface area contributed by atoms with Crippen molar-refractivity contribution in [3.05, 3.63) is 12.4 Å². The van der Waals surface area contributed by atoms with Crippen LogP contribution in [0.3, 0.4) is 0 Å². The molecule has 0 radical (unpaired) electrons. The molecule has 0 unspecified atom stereocenters. The van der Waals surface area contributed by atoms with E-state index in [1.165, 1.54) is 0 Å². The highest BCUT2D eigenvalue weighted by molar-refractivity contribution is 4.76. The second kappa shape index (κ2) is 8.26. The van der Waals surface area contributed by atoms with Crippen molar-refractivity contribution in [2.45, 2.75) is 0 Å². The molecule has 4 heteroatoms. The van der Waals surface area contributed by atoms with Gasteiger partial charge in [0.15, 0.2) is 0 Å². The molecule has 0 aliphatic carbocycles. The summed E-state index contributed by atoms with van der Waals surface area (Å²) in [5.74, 6) is 0. The van der Waals surface area contributed by atoms with Crippen LogP contribution in [0, 0.1) is 0 Å². The minimum atomic E-state index is 0.154. The van der Waals surface area contributed by atoms with Gasteiger partial charge >= 0.3 is 0 Å². The third-order valence-corrected chi connectivity index (χ3v) is 0.864. The molecule has 0 aromatic rings. The molecule has 0 rings (SSSR count). The zero-order valence-electron chi connectivity index (χ0n) is 6.01. The average Bonchev–Trinajstić information content (AvgIpc) is 1.97. The van der Waals surface area contributed by atoms with Gasteiger partial charge in [0, 0.05) is 32.0 Å². The van der Waals surface area contributed by atoms with Gasteiger partial charge in [0.25, 0.3) is 0 Å². The molecule has 0 aromatic heterocycles. The fourth-order valence-corrected chi connectivity index (χ4v) is 0.432. The summed E-state index contributed by atoms with van der Waals surface area (Å²) in [6, 6.07) is 0. The molecule has 0 saturated carbocycles. The molecule has 0 bridgehead atoms. The molecule has 0 aliphatic rings. The number of aliphatic hydroxyl groups excluding tert-OH is 1. The van der Waals surface area contributed by atoms with Crippen LogP contribution in [-0.2, 0) is 0 Å². The first-order valence-corrected chi connectivity index (χ1v) is 3.34. The minimum Gasteiger partial charge on any atom is -0.395 e. The van der Waals surface area contributed by atoms with Gasteiger partial charge in [0.05, 0.1) is 6.61 Å². The molecule has 60 valence electrons. The van der Waals surface area contributed by atoms with E-state index in [2.05, 4.69) is 10.6 Å². The van der Waals surface area contributed by atoms with E-state index >= 15 is 0 Å². The molecule has 0 aromatic carbocycles. The van der Waals surface area contributed by atoms with Crippen molar-refractivity contribution in [1.82, 2.24) is 10.6 Å². The summed E-state index contributed by atoms with van der Waals surface area (Å²) < 4.78 is 0. The normalized spacial score (nSPS) is 10.2. The maximum atomic E-state index is 8.33. The standard InChI is InChI=1S/C6H15N3O/c7-1-2-8-3-4-9-5-6-10/h3-4,8-10H,1-2,5-7H2. The number of rotatable bonds is 6. The summed E-state index contributed by atoms with van der Waals surface area (Å²) in [6.45, 7) is 2.14. The fraction of sp³-hybridized carbons (Fsp3) is 0.667. The molecular weight excluding hydrogens is 130 g/mol. The number of hydrogen-bond acceptors (Lipinski definition) is 4. The van der Waals surface area contributed by atoms with E-state index in [1.54, 1.807) is 12.4 Å². The topological polar surface area (TPSA) is 70.3 Å². The van der Waals surface area contributed by atoms with Gasteiger partial charge in [-0.05, 0) is 0 Å². The average molecular weight is 145 g/mol. The molecule has 0 aliphatic heterocycles. The Morgan fingerprint density at radius 2 is 1.80 bits per heavy atom. The highest BCUT2D eigenvalue weighted by atomic mass is 16.3. The fourth-order valence-electron chi connectivity index (χ4n) is 0.432. The Kier molecular flexibility index (Phi) is 7.65. The second-order valence-electron chi connectivity index (χ2n) is 1.75. The molecule has 4 nitrogen and oxygen atoms in total. The summed E-state index contributed by atoms with van der Waals surface area (Å²) in [6.07, 6.45) is 3.51. The van der Waals surface area contributed by atoms with Gasteiger partial charge in [-0.3, -0.25) is 0 Å². The first kappa shape index (κ1) is 9.26. The predicted octanol–water partition coefficient (Wildman–Crippen LogP) is -1.41. The first-order chi connectivity index (χ1) is 4.91. The van der Waals surface area contributed by atoms with Gasteiger partial charge in [-0.25, -0.2) is 0 Å². The van der Waals surface area contributed by atoms with Crippen LogP contribution >= 0.6 is 0 Å². The van der Waals surface area contributed by atoms with Gasteiger partial charge in [0.1, 0.15) is 0 Å². The van der Waals surface area contributed by atoms with E-state index < -0.39 is 0 Å². The van der Waals surface area contributed by atoms with Gasteiger partial charge < -0.3 is 21.5 Å². The molecule has 0 fully saturated rings.